The van der Waals surface area contributed by atoms with Crippen molar-refractivity contribution in [3.63, 3.8) is 0 Å². The molecule has 3 heterocycles. The minimum atomic E-state index is -1.52. The van der Waals surface area contributed by atoms with Crippen LogP contribution < -0.4 is 4.74 Å². The summed E-state index contributed by atoms with van der Waals surface area (Å²) in [6.45, 7) is 5.79. The van der Waals surface area contributed by atoms with Crippen LogP contribution in [0, 0.1) is 5.41 Å². The average Bonchev–Trinajstić information content (AvgIpc) is 3.25. The highest BCUT2D eigenvalue weighted by Gasteiger charge is 2.58. The molecule has 35 heavy (non-hydrogen) atoms. The van der Waals surface area contributed by atoms with Crippen molar-refractivity contribution >= 4 is 11.8 Å². The Morgan fingerprint density at radius 2 is 1.83 bits per heavy atom. The molecule has 0 radical (unpaired) electrons. The van der Waals surface area contributed by atoms with Crippen molar-refractivity contribution in [2.45, 2.75) is 75.4 Å². The van der Waals surface area contributed by atoms with E-state index < -0.39 is 5.67 Å². The molecular formula is C28H38FN3O3. The summed E-state index contributed by atoms with van der Waals surface area (Å²) in [5, 5.41) is 0. The summed E-state index contributed by atoms with van der Waals surface area (Å²) in [7, 11) is 0. The molecule has 0 aromatic heterocycles. The van der Waals surface area contributed by atoms with Gasteiger partial charge in [-0.05, 0) is 82.0 Å². The summed E-state index contributed by atoms with van der Waals surface area (Å²) in [6, 6.07) is 9.01. The maximum absolute atomic E-state index is 14.1. The fraction of sp³-hybridized carbons (Fsp3) is 0.714. The lowest BCUT2D eigenvalue weighted by Crippen LogP contribution is -2.60. The second-order valence-corrected chi connectivity index (χ2v) is 11.7. The van der Waals surface area contributed by atoms with Gasteiger partial charge in [0, 0.05) is 37.5 Å². The van der Waals surface area contributed by atoms with Crippen LogP contribution in [-0.2, 0) is 9.59 Å². The number of carbonyl (C=O) groups is 2. The first-order valence-electron chi connectivity index (χ1n) is 13.7. The molecule has 2 saturated carbocycles. The van der Waals surface area contributed by atoms with Gasteiger partial charge in [-0.15, -0.1) is 0 Å². The first kappa shape index (κ1) is 23.3. The number of carbonyl (C=O) groups excluding carboxylic acids is 2. The van der Waals surface area contributed by atoms with Gasteiger partial charge in [-0.2, -0.15) is 0 Å². The Morgan fingerprint density at radius 3 is 2.54 bits per heavy atom. The first-order chi connectivity index (χ1) is 16.9. The molecule has 1 atom stereocenters. The minimum Gasteiger partial charge on any atom is -0.491 e. The molecule has 1 spiro atoms. The zero-order valence-corrected chi connectivity index (χ0v) is 20.7. The summed E-state index contributed by atoms with van der Waals surface area (Å²) >= 11 is 0. The Balaban J connectivity index is 0.984. The fourth-order valence-electron chi connectivity index (χ4n) is 7.02. The van der Waals surface area contributed by atoms with Gasteiger partial charge in [-0.3, -0.25) is 9.59 Å². The standard InChI is InChI=1S/C28H38FN3O3/c29-28(11-12-28)26(34)32-19-27(20-32)10-7-22(18-27)30-14-8-21(9-15-30)23-4-1-2-5-24(23)35-17-16-31-13-3-6-25(31)33/h1-2,4-5,21-22H,3,6-20H2/t22-/m0/s1. The van der Waals surface area contributed by atoms with Crippen molar-refractivity contribution in [1.29, 1.82) is 0 Å². The lowest BCUT2D eigenvalue weighted by molar-refractivity contribution is -0.150. The maximum Gasteiger partial charge on any atom is 0.260 e. The van der Waals surface area contributed by atoms with Crippen LogP contribution in [0.3, 0.4) is 0 Å². The third-order valence-corrected chi connectivity index (χ3v) is 9.28. The van der Waals surface area contributed by atoms with Crippen LogP contribution in [-0.4, -0.2) is 84.1 Å². The van der Waals surface area contributed by atoms with E-state index in [-0.39, 0.29) is 17.2 Å². The highest BCUT2D eigenvalue weighted by molar-refractivity contribution is 5.88. The number of rotatable bonds is 7. The van der Waals surface area contributed by atoms with Crippen molar-refractivity contribution in [1.82, 2.24) is 14.7 Å². The highest BCUT2D eigenvalue weighted by Crippen LogP contribution is 2.51. The Morgan fingerprint density at radius 1 is 1.06 bits per heavy atom. The number of para-hydroxylation sites is 1. The Kier molecular flexibility index (Phi) is 6.02. The van der Waals surface area contributed by atoms with E-state index in [1.54, 1.807) is 4.90 Å². The average molecular weight is 484 g/mol. The lowest BCUT2D eigenvalue weighted by Gasteiger charge is -2.49. The van der Waals surface area contributed by atoms with E-state index in [0.29, 0.717) is 44.4 Å². The van der Waals surface area contributed by atoms with Gasteiger partial charge in [0.1, 0.15) is 12.4 Å². The van der Waals surface area contributed by atoms with E-state index in [9.17, 15) is 14.0 Å². The molecule has 2 amide bonds. The third kappa shape index (κ3) is 4.56. The van der Waals surface area contributed by atoms with Gasteiger partial charge in [-0.1, -0.05) is 18.2 Å². The third-order valence-electron chi connectivity index (χ3n) is 9.28. The number of alkyl halides is 1. The van der Waals surface area contributed by atoms with Gasteiger partial charge in [0.2, 0.25) is 5.91 Å². The summed E-state index contributed by atoms with van der Waals surface area (Å²) < 4.78 is 20.3. The zero-order chi connectivity index (χ0) is 24.0. The van der Waals surface area contributed by atoms with Crippen molar-refractivity contribution in [3.05, 3.63) is 29.8 Å². The van der Waals surface area contributed by atoms with Crippen molar-refractivity contribution in [2.75, 3.05) is 45.9 Å². The molecule has 190 valence electrons. The molecule has 0 unspecified atom stereocenters. The molecule has 5 fully saturated rings. The number of piperidine rings is 1. The summed E-state index contributed by atoms with van der Waals surface area (Å²) in [6.07, 6.45) is 8.23. The van der Waals surface area contributed by atoms with Gasteiger partial charge in [-0.25, -0.2) is 4.39 Å². The predicted octanol–water partition coefficient (Wildman–Crippen LogP) is 3.75. The van der Waals surface area contributed by atoms with E-state index in [2.05, 4.69) is 23.1 Å². The fourth-order valence-corrected chi connectivity index (χ4v) is 7.02. The molecule has 3 saturated heterocycles. The molecule has 3 aliphatic heterocycles. The molecule has 1 aromatic carbocycles. The van der Waals surface area contributed by atoms with Crippen LogP contribution in [0.2, 0.25) is 0 Å². The van der Waals surface area contributed by atoms with Gasteiger partial charge >= 0.3 is 0 Å². The summed E-state index contributed by atoms with van der Waals surface area (Å²) in [5.41, 5.74) is 0.0170. The van der Waals surface area contributed by atoms with Crippen LogP contribution in [0.25, 0.3) is 0 Å². The summed E-state index contributed by atoms with van der Waals surface area (Å²) in [4.78, 5) is 30.5. The van der Waals surface area contributed by atoms with Crippen molar-refractivity contribution in [2.24, 2.45) is 5.41 Å². The number of amides is 2. The molecule has 6 rings (SSSR count). The quantitative estimate of drug-likeness (QED) is 0.593. The molecule has 1 aromatic rings. The highest BCUT2D eigenvalue weighted by atomic mass is 19.1. The van der Waals surface area contributed by atoms with Gasteiger partial charge in [0.15, 0.2) is 5.67 Å². The monoisotopic (exact) mass is 483 g/mol. The lowest BCUT2D eigenvalue weighted by atomic mass is 9.77. The van der Waals surface area contributed by atoms with Crippen LogP contribution in [0.5, 0.6) is 5.75 Å². The topological polar surface area (TPSA) is 53.1 Å². The normalized spacial score (nSPS) is 27.9. The largest absolute Gasteiger partial charge is 0.491 e. The van der Waals surface area contributed by atoms with E-state index in [1.807, 2.05) is 11.0 Å². The van der Waals surface area contributed by atoms with Gasteiger partial charge in [0.05, 0.1) is 6.54 Å². The molecule has 0 N–H and O–H groups in total. The van der Waals surface area contributed by atoms with Crippen molar-refractivity contribution in [3.8, 4) is 5.75 Å². The Bertz CT molecular complexity index is 966. The number of nitrogens with zero attached hydrogens (tertiary/aromatic N) is 3. The van der Waals surface area contributed by atoms with Gasteiger partial charge in [0.25, 0.3) is 5.91 Å². The zero-order valence-electron chi connectivity index (χ0n) is 20.7. The Hall–Kier alpha value is -2.15. The molecule has 2 aliphatic carbocycles. The Labute approximate surface area is 207 Å². The summed E-state index contributed by atoms with van der Waals surface area (Å²) in [5.74, 6) is 1.47. The molecule has 6 nitrogen and oxygen atoms in total. The maximum atomic E-state index is 14.1. The SMILES string of the molecule is O=C1CCCN1CCOc1ccccc1C1CCN([C@H]2CCC3(C2)CN(C(=O)C2(F)CC2)C3)CC1. The number of likely N-dealkylation sites (tertiary alicyclic amines) is 3. The van der Waals surface area contributed by atoms with Crippen LogP contribution in [0.4, 0.5) is 4.39 Å². The second kappa shape index (κ2) is 9.06. The van der Waals surface area contributed by atoms with Crippen molar-refractivity contribution < 1.29 is 18.7 Å². The van der Waals surface area contributed by atoms with E-state index in [0.717, 1.165) is 70.6 Å². The number of hydrogen-bond acceptors (Lipinski definition) is 4. The van der Waals surface area contributed by atoms with Gasteiger partial charge < -0.3 is 19.4 Å². The number of hydrogen-bond donors (Lipinski definition) is 0. The molecule has 0 bridgehead atoms. The number of ether oxygens (including phenoxy) is 1. The molecular weight excluding hydrogens is 445 g/mol. The second-order valence-electron chi connectivity index (χ2n) is 11.7. The van der Waals surface area contributed by atoms with E-state index >= 15 is 0 Å². The smallest absolute Gasteiger partial charge is 0.260 e. The van der Waals surface area contributed by atoms with E-state index in [1.165, 1.54) is 12.0 Å². The van der Waals surface area contributed by atoms with Crippen LogP contribution in [0.15, 0.2) is 24.3 Å². The molecule has 7 heteroatoms. The number of halogens is 1. The first-order valence-corrected chi connectivity index (χ1v) is 13.7. The van der Waals surface area contributed by atoms with Crippen LogP contribution >= 0.6 is 0 Å². The minimum absolute atomic E-state index is 0.236. The van der Waals surface area contributed by atoms with E-state index in [4.69, 9.17) is 4.74 Å². The number of benzene rings is 1. The van der Waals surface area contributed by atoms with Crippen LogP contribution in [0.1, 0.15) is 69.3 Å². The molecule has 5 aliphatic rings. The predicted molar refractivity (Wildman–Crippen MR) is 131 cm³/mol.